The summed E-state index contributed by atoms with van der Waals surface area (Å²) in [6.07, 6.45) is 0.823. The van der Waals surface area contributed by atoms with E-state index in [1.165, 1.54) is 0 Å². The molecule has 1 aromatic rings. The normalized spacial score (nSPS) is 16.4. The predicted molar refractivity (Wildman–Crippen MR) is 104 cm³/mol. The lowest BCUT2D eigenvalue weighted by Gasteiger charge is -2.39. The van der Waals surface area contributed by atoms with E-state index in [9.17, 15) is 0 Å². The van der Waals surface area contributed by atoms with Gasteiger partial charge in [-0.15, -0.1) is 0 Å². The Hall–Kier alpha value is -1.99. The van der Waals surface area contributed by atoms with E-state index in [4.69, 9.17) is 19.9 Å². The first-order valence-electron chi connectivity index (χ1n) is 9.04. The Morgan fingerprint density at radius 3 is 2.58 bits per heavy atom. The van der Waals surface area contributed by atoms with Gasteiger partial charge in [0, 0.05) is 25.2 Å². The molecule has 146 valence electrons. The van der Waals surface area contributed by atoms with Crippen LogP contribution in [-0.2, 0) is 11.2 Å². The molecule has 0 aromatic heterocycles. The zero-order chi connectivity index (χ0) is 19.0. The smallest absolute Gasteiger partial charge is 0.188 e. The molecule has 2 rings (SSSR count). The van der Waals surface area contributed by atoms with Gasteiger partial charge >= 0.3 is 0 Å². The number of guanidine groups is 1. The minimum atomic E-state index is -0.0283. The monoisotopic (exact) mass is 364 g/mol. The van der Waals surface area contributed by atoms with Gasteiger partial charge in [-0.1, -0.05) is 6.07 Å². The highest BCUT2D eigenvalue weighted by molar-refractivity contribution is 5.77. The van der Waals surface area contributed by atoms with Crippen molar-refractivity contribution in [2.24, 2.45) is 10.7 Å². The number of nitrogens with one attached hydrogen (secondary N) is 1. The van der Waals surface area contributed by atoms with Crippen molar-refractivity contribution in [1.82, 2.24) is 10.2 Å². The van der Waals surface area contributed by atoms with Gasteiger partial charge in [-0.05, 0) is 38.0 Å². The third-order valence-electron chi connectivity index (χ3n) is 4.67. The van der Waals surface area contributed by atoms with Gasteiger partial charge < -0.3 is 25.3 Å². The lowest BCUT2D eigenvalue weighted by molar-refractivity contribution is -0.00682. The Morgan fingerprint density at radius 2 is 1.92 bits per heavy atom. The SMILES string of the molecule is COc1ccc(CCNC(N)=NCC(C)(C)N2CCOCC2)cc1OC. The van der Waals surface area contributed by atoms with E-state index in [1.54, 1.807) is 14.2 Å². The van der Waals surface area contributed by atoms with Crippen molar-refractivity contribution in [2.75, 3.05) is 53.6 Å². The maximum absolute atomic E-state index is 6.03. The van der Waals surface area contributed by atoms with Crippen LogP contribution in [0.1, 0.15) is 19.4 Å². The summed E-state index contributed by atoms with van der Waals surface area (Å²) in [5, 5.41) is 3.19. The summed E-state index contributed by atoms with van der Waals surface area (Å²) in [6.45, 7) is 9.20. The van der Waals surface area contributed by atoms with E-state index in [0.717, 1.165) is 49.8 Å². The molecule has 0 unspecified atom stereocenters. The Morgan fingerprint density at radius 1 is 1.23 bits per heavy atom. The lowest BCUT2D eigenvalue weighted by Crippen LogP contribution is -2.52. The van der Waals surface area contributed by atoms with Gasteiger partial charge in [0.25, 0.3) is 0 Å². The molecule has 3 N–H and O–H groups in total. The topological polar surface area (TPSA) is 81.3 Å². The van der Waals surface area contributed by atoms with Crippen LogP contribution in [-0.4, -0.2) is 70.0 Å². The predicted octanol–water partition coefficient (Wildman–Crippen LogP) is 1.26. The standard InChI is InChI=1S/C19H32N4O3/c1-19(2,23-9-11-26-12-10-23)14-22-18(20)21-8-7-15-5-6-16(24-3)17(13-15)25-4/h5-6,13H,7-12,14H2,1-4H3,(H3,20,21,22). The van der Waals surface area contributed by atoms with Crippen molar-refractivity contribution in [3.05, 3.63) is 23.8 Å². The number of nitrogens with two attached hydrogens (primary N) is 1. The molecule has 0 radical (unpaired) electrons. The first kappa shape index (κ1) is 20.3. The Bertz CT molecular complexity index is 598. The van der Waals surface area contributed by atoms with Crippen LogP contribution in [0.15, 0.2) is 23.2 Å². The average molecular weight is 364 g/mol. The summed E-state index contributed by atoms with van der Waals surface area (Å²) in [5.74, 6) is 1.95. The summed E-state index contributed by atoms with van der Waals surface area (Å²) in [4.78, 5) is 6.92. The van der Waals surface area contributed by atoms with Crippen molar-refractivity contribution in [1.29, 1.82) is 0 Å². The van der Waals surface area contributed by atoms with Gasteiger partial charge in [-0.25, -0.2) is 0 Å². The molecule has 26 heavy (non-hydrogen) atoms. The molecule has 1 fully saturated rings. The van der Waals surface area contributed by atoms with Crippen molar-refractivity contribution < 1.29 is 14.2 Å². The van der Waals surface area contributed by atoms with Crippen molar-refractivity contribution in [2.45, 2.75) is 25.8 Å². The third kappa shape index (κ3) is 5.78. The van der Waals surface area contributed by atoms with Crippen LogP contribution in [0, 0.1) is 0 Å². The highest BCUT2D eigenvalue weighted by atomic mass is 16.5. The van der Waals surface area contributed by atoms with Crippen LogP contribution < -0.4 is 20.5 Å². The van der Waals surface area contributed by atoms with Gasteiger partial charge in [0.2, 0.25) is 0 Å². The van der Waals surface area contributed by atoms with Crippen LogP contribution in [0.25, 0.3) is 0 Å². The number of aliphatic imine (C=N–C) groups is 1. The largest absolute Gasteiger partial charge is 0.493 e. The minimum Gasteiger partial charge on any atom is -0.493 e. The molecule has 7 heteroatoms. The molecule has 0 atom stereocenters. The molecular formula is C19H32N4O3. The fraction of sp³-hybridized carbons (Fsp3) is 0.632. The Labute approximate surface area is 156 Å². The van der Waals surface area contributed by atoms with Crippen molar-refractivity contribution in [3.8, 4) is 11.5 Å². The highest BCUT2D eigenvalue weighted by Crippen LogP contribution is 2.27. The van der Waals surface area contributed by atoms with Crippen LogP contribution in [0.4, 0.5) is 0 Å². The van der Waals surface area contributed by atoms with E-state index in [0.29, 0.717) is 19.0 Å². The zero-order valence-electron chi connectivity index (χ0n) is 16.4. The summed E-state index contributed by atoms with van der Waals surface area (Å²) >= 11 is 0. The van der Waals surface area contributed by atoms with Crippen LogP contribution in [0.3, 0.4) is 0 Å². The fourth-order valence-corrected chi connectivity index (χ4v) is 2.97. The lowest BCUT2D eigenvalue weighted by atomic mass is 10.0. The number of methoxy groups -OCH3 is 2. The van der Waals surface area contributed by atoms with Gasteiger partial charge in [0.1, 0.15) is 0 Å². The number of hydrogen-bond acceptors (Lipinski definition) is 5. The Balaban J connectivity index is 1.80. The number of benzene rings is 1. The maximum Gasteiger partial charge on any atom is 0.188 e. The maximum atomic E-state index is 6.03. The molecule has 0 spiro atoms. The zero-order valence-corrected chi connectivity index (χ0v) is 16.4. The number of morpholine rings is 1. The number of ether oxygens (including phenoxy) is 3. The molecule has 1 aromatic carbocycles. The van der Waals surface area contributed by atoms with Crippen molar-refractivity contribution >= 4 is 5.96 Å². The molecule has 0 saturated carbocycles. The summed E-state index contributed by atoms with van der Waals surface area (Å²) < 4.78 is 16.0. The van der Waals surface area contributed by atoms with Gasteiger partial charge in [-0.3, -0.25) is 9.89 Å². The number of rotatable bonds is 8. The van der Waals surface area contributed by atoms with Gasteiger partial charge in [0.15, 0.2) is 17.5 Å². The molecule has 7 nitrogen and oxygen atoms in total. The molecule has 0 bridgehead atoms. The van der Waals surface area contributed by atoms with Crippen LogP contribution >= 0.6 is 0 Å². The van der Waals surface area contributed by atoms with E-state index in [2.05, 4.69) is 29.1 Å². The first-order chi connectivity index (χ1) is 12.5. The van der Waals surface area contributed by atoms with Gasteiger partial charge in [-0.2, -0.15) is 0 Å². The summed E-state index contributed by atoms with van der Waals surface area (Å²) in [5.41, 5.74) is 7.15. The molecular weight excluding hydrogens is 332 g/mol. The quantitative estimate of drug-likeness (QED) is 0.534. The van der Waals surface area contributed by atoms with E-state index < -0.39 is 0 Å². The molecule has 0 aliphatic carbocycles. The summed E-state index contributed by atoms with van der Waals surface area (Å²) in [7, 11) is 3.27. The average Bonchev–Trinajstić information content (AvgIpc) is 2.67. The highest BCUT2D eigenvalue weighted by Gasteiger charge is 2.27. The molecule has 0 amide bonds. The van der Waals surface area contributed by atoms with Crippen LogP contribution in [0.5, 0.6) is 11.5 Å². The second-order valence-electron chi connectivity index (χ2n) is 6.98. The third-order valence-corrected chi connectivity index (χ3v) is 4.67. The molecule has 1 aliphatic rings. The van der Waals surface area contributed by atoms with E-state index >= 15 is 0 Å². The minimum absolute atomic E-state index is 0.0283. The summed E-state index contributed by atoms with van der Waals surface area (Å²) in [6, 6.07) is 5.92. The van der Waals surface area contributed by atoms with E-state index in [1.807, 2.05) is 18.2 Å². The second-order valence-corrected chi connectivity index (χ2v) is 6.98. The van der Waals surface area contributed by atoms with Gasteiger partial charge in [0.05, 0.1) is 34.0 Å². The molecule has 1 heterocycles. The fourth-order valence-electron chi connectivity index (χ4n) is 2.97. The van der Waals surface area contributed by atoms with Crippen molar-refractivity contribution in [3.63, 3.8) is 0 Å². The number of nitrogens with zero attached hydrogens (tertiary/aromatic N) is 2. The molecule has 1 saturated heterocycles. The molecule has 1 aliphatic heterocycles. The second kappa shape index (κ2) is 9.64. The Kier molecular flexibility index (Phi) is 7.53. The number of hydrogen-bond donors (Lipinski definition) is 2. The van der Waals surface area contributed by atoms with Crippen LogP contribution in [0.2, 0.25) is 0 Å². The first-order valence-corrected chi connectivity index (χ1v) is 9.04. The van der Waals surface area contributed by atoms with E-state index in [-0.39, 0.29) is 5.54 Å².